The summed E-state index contributed by atoms with van der Waals surface area (Å²) in [5.74, 6) is -0.574. The van der Waals surface area contributed by atoms with Crippen LogP contribution in [0.25, 0.3) is 6.08 Å². The molecule has 29 heavy (non-hydrogen) atoms. The zero-order valence-electron chi connectivity index (χ0n) is 15.8. The number of carbonyl (C=O) groups is 1. The Balaban J connectivity index is 1.80. The maximum atomic E-state index is 13.3. The van der Waals surface area contributed by atoms with Gasteiger partial charge in [-0.1, -0.05) is 29.5 Å². The lowest BCUT2D eigenvalue weighted by Crippen LogP contribution is -2.58. The number of hydrogen-bond donors (Lipinski definition) is 0. The molecule has 2 aliphatic heterocycles. The van der Waals surface area contributed by atoms with E-state index < -0.39 is 23.7 Å². The van der Waals surface area contributed by atoms with Gasteiger partial charge in [0, 0.05) is 11.1 Å². The van der Waals surface area contributed by atoms with Gasteiger partial charge in [-0.05, 0) is 32.1 Å². The molecule has 2 aromatic heterocycles. The summed E-state index contributed by atoms with van der Waals surface area (Å²) in [4.78, 5) is 31.5. The number of nitrogens with zero attached hydrogens (tertiary/aromatic N) is 2. The minimum atomic E-state index is -1.16. The van der Waals surface area contributed by atoms with Crippen molar-refractivity contribution in [2.75, 3.05) is 6.61 Å². The number of ether oxygens (including phenoxy) is 2. The van der Waals surface area contributed by atoms with Gasteiger partial charge in [0.25, 0.3) is 5.56 Å². The smallest absolute Gasteiger partial charge is 0.317 e. The Labute approximate surface area is 169 Å². The van der Waals surface area contributed by atoms with E-state index in [1.165, 1.54) is 11.3 Å². The molecule has 3 aromatic rings. The summed E-state index contributed by atoms with van der Waals surface area (Å²) in [7, 11) is 0. The average molecular weight is 410 g/mol. The van der Waals surface area contributed by atoms with Gasteiger partial charge in [0.05, 0.1) is 29.7 Å². The molecule has 0 radical (unpaired) electrons. The van der Waals surface area contributed by atoms with Crippen LogP contribution in [0.5, 0.6) is 5.75 Å². The topological polar surface area (TPSA) is 83.0 Å². The highest BCUT2D eigenvalue weighted by Crippen LogP contribution is 2.47. The predicted molar refractivity (Wildman–Crippen MR) is 105 cm³/mol. The first-order chi connectivity index (χ1) is 14.0. The van der Waals surface area contributed by atoms with Gasteiger partial charge in [0.2, 0.25) is 5.72 Å². The van der Waals surface area contributed by atoms with Crippen LogP contribution in [0.15, 0.2) is 57.1 Å². The standard InChI is InChI=1S/C21H18N2O5S/c1-3-27-19(25)16-17-13-6-4-5-7-14(13)28-21(16,2)22-20-23(17)18(24)15(29-20)10-12-8-9-26-11-12/h4-11,16-17H,3H2,1-2H3/b15-10+/t16-,17-,21-/m1/s1. The second-order valence-corrected chi connectivity index (χ2v) is 8.12. The second kappa shape index (κ2) is 6.45. The van der Waals surface area contributed by atoms with Crippen molar-refractivity contribution < 1.29 is 18.7 Å². The van der Waals surface area contributed by atoms with Crippen molar-refractivity contribution in [3.8, 4) is 5.75 Å². The molecule has 148 valence electrons. The highest BCUT2D eigenvalue weighted by molar-refractivity contribution is 7.07. The Morgan fingerprint density at radius 3 is 2.97 bits per heavy atom. The number of aromatic nitrogens is 1. The Morgan fingerprint density at radius 1 is 1.38 bits per heavy atom. The molecule has 4 heterocycles. The lowest BCUT2D eigenvalue weighted by atomic mass is 9.81. The van der Waals surface area contributed by atoms with Gasteiger partial charge in [-0.15, -0.1) is 0 Å². The van der Waals surface area contributed by atoms with Crippen LogP contribution in [0, 0.1) is 5.92 Å². The Kier molecular flexibility index (Phi) is 3.99. The number of rotatable bonds is 3. The Hall–Kier alpha value is -3.13. The van der Waals surface area contributed by atoms with Crippen LogP contribution in [0.1, 0.15) is 31.0 Å². The first kappa shape index (κ1) is 17.9. The van der Waals surface area contributed by atoms with Gasteiger partial charge in [-0.3, -0.25) is 14.2 Å². The predicted octanol–water partition coefficient (Wildman–Crippen LogP) is 1.84. The zero-order valence-corrected chi connectivity index (χ0v) is 16.6. The van der Waals surface area contributed by atoms with Crippen molar-refractivity contribution in [1.29, 1.82) is 0 Å². The normalized spacial score (nSPS) is 24.8. The summed E-state index contributed by atoms with van der Waals surface area (Å²) in [5, 5.41) is 0. The highest BCUT2D eigenvalue weighted by atomic mass is 32.1. The zero-order chi connectivity index (χ0) is 20.2. The summed E-state index contributed by atoms with van der Waals surface area (Å²) in [6, 6.07) is 8.67. The average Bonchev–Trinajstić information content (AvgIpc) is 3.29. The first-order valence-corrected chi connectivity index (χ1v) is 10.1. The second-order valence-electron chi connectivity index (χ2n) is 7.11. The monoisotopic (exact) mass is 410 g/mol. The molecule has 7 nitrogen and oxygen atoms in total. The molecule has 1 aromatic carbocycles. The third kappa shape index (κ3) is 2.66. The number of thiazole rings is 1. The molecular weight excluding hydrogens is 392 g/mol. The minimum absolute atomic E-state index is 0.201. The first-order valence-electron chi connectivity index (χ1n) is 9.31. The Morgan fingerprint density at radius 2 is 2.21 bits per heavy atom. The summed E-state index contributed by atoms with van der Waals surface area (Å²) in [6.07, 6.45) is 4.88. The lowest BCUT2D eigenvalue weighted by molar-refractivity contribution is -0.160. The van der Waals surface area contributed by atoms with Crippen LogP contribution in [0.3, 0.4) is 0 Å². The van der Waals surface area contributed by atoms with Crippen molar-refractivity contribution in [2.45, 2.75) is 25.6 Å². The van der Waals surface area contributed by atoms with E-state index in [4.69, 9.17) is 18.9 Å². The lowest BCUT2D eigenvalue weighted by Gasteiger charge is -2.44. The molecular formula is C21H18N2O5S. The quantitative estimate of drug-likeness (QED) is 0.616. The van der Waals surface area contributed by atoms with E-state index in [2.05, 4.69) is 0 Å². The molecule has 0 N–H and O–H groups in total. The van der Waals surface area contributed by atoms with E-state index in [1.54, 1.807) is 43.1 Å². The molecule has 0 amide bonds. The fraction of sp³-hybridized carbons (Fsp3) is 0.286. The van der Waals surface area contributed by atoms with Crippen molar-refractivity contribution in [3.63, 3.8) is 0 Å². The molecule has 5 rings (SSSR count). The van der Waals surface area contributed by atoms with Gasteiger partial charge < -0.3 is 13.9 Å². The molecule has 0 saturated carbocycles. The largest absolute Gasteiger partial charge is 0.472 e. The Bertz CT molecular complexity index is 1270. The molecule has 0 unspecified atom stereocenters. The van der Waals surface area contributed by atoms with Crippen LogP contribution in [-0.2, 0) is 9.53 Å². The van der Waals surface area contributed by atoms with Gasteiger partial charge in [-0.2, -0.15) is 0 Å². The third-order valence-corrected chi connectivity index (χ3v) is 6.24. The van der Waals surface area contributed by atoms with Crippen LogP contribution < -0.4 is 19.6 Å². The molecule has 0 spiro atoms. The fourth-order valence-electron chi connectivity index (χ4n) is 4.04. The number of esters is 1. The summed E-state index contributed by atoms with van der Waals surface area (Å²) in [5.41, 5.74) is 0.200. The molecule has 0 aliphatic carbocycles. The number of benzene rings is 1. The van der Waals surface area contributed by atoms with Gasteiger partial charge >= 0.3 is 5.97 Å². The minimum Gasteiger partial charge on any atom is -0.472 e. The van der Waals surface area contributed by atoms with Crippen LogP contribution >= 0.6 is 11.3 Å². The summed E-state index contributed by atoms with van der Waals surface area (Å²) < 4.78 is 18.7. The van der Waals surface area contributed by atoms with E-state index >= 15 is 0 Å². The number of furan rings is 1. The maximum absolute atomic E-state index is 13.3. The van der Waals surface area contributed by atoms with E-state index in [0.29, 0.717) is 15.1 Å². The van der Waals surface area contributed by atoms with Crippen LogP contribution in [0.2, 0.25) is 0 Å². The van der Waals surface area contributed by atoms with Gasteiger partial charge in [0.15, 0.2) is 4.80 Å². The van der Waals surface area contributed by atoms with Crippen molar-refractivity contribution in [1.82, 2.24) is 4.57 Å². The maximum Gasteiger partial charge on any atom is 0.317 e. The van der Waals surface area contributed by atoms with E-state index in [9.17, 15) is 9.59 Å². The van der Waals surface area contributed by atoms with Gasteiger partial charge in [0.1, 0.15) is 11.7 Å². The molecule has 3 atom stereocenters. The van der Waals surface area contributed by atoms with Crippen molar-refractivity contribution in [3.05, 3.63) is 73.7 Å². The number of para-hydroxylation sites is 1. The molecule has 0 fully saturated rings. The van der Waals surface area contributed by atoms with Gasteiger partial charge in [-0.25, -0.2) is 4.99 Å². The summed E-state index contributed by atoms with van der Waals surface area (Å²) in [6.45, 7) is 3.76. The van der Waals surface area contributed by atoms with E-state index in [0.717, 1.165) is 11.1 Å². The number of fused-ring (bicyclic) bond motifs is 6. The van der Waals surface area contributed by atoms with Crippen molar-refractivity contribution in [2.24, 2.45) is 10.9 Å². The third-order valence-electron chi connectivity index (χ3n) is 5.26. The van der Waals surface area contributed by atoms with Crippen molar-refractivity contribution >= 4 is 23.4 Å². The molecule has 2 bridgehead atoms. The van der Waals surface area contributed by atoms with E-state index in [-0.39, 0.29) is 12.2 Å². The van der Waals surface area contributed by atoms with Crippen LogP contribution in [0.4, 0.5) is 0 Å². The SMILES string of the molecule is CCOC(=O)[C@H]1[C@H]2c3ccccc3O[C@@]1(C)N=c1s/c(=C/c3ccoc3)c(=O)n12. The fourth-order valence-corrected chi connectivity index (χ4v) is 5.14. The molecule has 0 saturated heterocycles. The molecule has 2 aliphatic rings. The summed E-state index contributed by atoms with van der Waals surface area (Å²) >= 11 is 1.27. The molecule has 8 heteroatoms. The highest BCUT2D eigenvalue weighted by Gasteiger charge is 2.55. The number of carbonyl (C=O) groups excluding carboxylic acids is 1. The van der Waals surface area contributed by atoms with E-state index in [1.807, 2.05) is 24.3 Å². The van der Waals surface area contributed by atoms with Crippen LogP contribution in [-0.4, -0.2) is 22.9 Å². The number of hydrogen-bond acceptors (Lipinski definition) is 7.